The highest BCUT2D eigenvalue weighted by molar-refractivity contribution is 5.50. The molecule has 0 spiro atoms. The molecule has 0 saturated carbocycles. The third-order valence-electron chi connectivity index (χ3n) is 3.54. The number of rotatable bonds is 4. The van der Waals surface area contributed by atoms with Crippen LogP contribution in [0, 0.1) is 0 Å². The number of nitrogens with zero attached hydrogens (tertiary/aromatic N) is 2. The van der Waals surface area contributed by atoms with Gasteiger partial charge in [-0.15, -0.1) is 0 Å². The molecule has 1 aromatic heterocycles. The van der Waals surface area contributed by atoms with Crippen molar-refractivity contribution in [3.8, 4) is 11.5 Å². The SMILES string of the molecule is CCn1ccnc1C(NC)c1cccc2c1OCCO2. The summed E-state index contributed by atoms with van der Waals surface area (Å²) in [6, 6.07) is 5.98. The first-order valence-electron chi connectivity index (χ1n) is 6.92. The molecule has 5 nitrogen and oxygen atoms in total. The molecule has 0 radical (unpaired) electrons. The number of imidazole rings is 1. The maximum Gasteiger partial charge on any atom is 0.166 e. The van der Waals surface area contributed by atoms with Gasteiger partial charge in [-0.05, 0) is 20.0 Å². The topological polar surface area (TPSA) is 48.3 Å². The van der Waals surface area contributed by atoms with E-state index in [1.165, 1.54) is 0 Å². The molecule has 5 heteroatoms. The lowest BCUT2D eigenvalue weighted by Crippen LogP contribution is -2.24. The van der Waals surface area contributed by atoms with Crippen molar-refractivity contribution in [3.05, 3.63) is 42.0 Å². The smallest absolute Gasteiger partial charge is 0.166 e. The maximum atomic E-state index is 5.81. The summed E-state index contributed by atoms with van der Waals surface area (Å²) in [6.07, 6.45) is 3.82. The van der Waals surface area contributed by atoms with Crippen molar-refractivity contribution in [1.82, 2.24) is 14.9 Å². The van der Waals surface area contributed by atoms with Gasteiger partial charge in [0.25, 0.3) is 0 Å². The molecule has 0 amide bonds. The summed E-state index contributed by atoms with van der Waals surface area (Å²) in [7, 11) is 1.93. The Balaban J connectivity index is 2.06. The second-order valence-corrected chi connectivity index (χ2v) is 4.66. The number of hydrogen-bond donors (Lipinski definition) is 1. The molecular weight excluding hydrogens is 254 g/mol. The minimum atomic E-state index is -0.0124. The van der Waals surface area contributed by atoms with Gasteiger partial charge in [0.2, 0.25) is 0 Å². The molecule has 3 rings (SSSR count). The summed E-state index contributed by atoms with van der Waals surface area (Å²) < 4.78 is 13.6. The summed E-state index contributed by atoms with van der Waals surface area (Å²) >= 11 is 0. The van der Waals surface area contributed by atoms with E-state index in [1.807, 2.05) is 31.6 Å². The van der Waals surface area contributed by atoms with E-state index in [4.69, 9.17) is 9.47 Å². The zero-order chi connectivity index (χ0) is 13.9. The van der Waals surface area contributed by atoms with Gasteiger partial charge < -0.3 is 19.4 Å². The lowest BCUT2D eigenvalue weighted by molar-refractivity contribution is 0.169. The molecule has 106 valence electrons. The molecule has 1 aliphatic rings. The van der Waals surface area contributed by atoms with E-state index < -0.39 is 0 Å². The Bertz CT molecular complexity index is 595. The fourth-order valence-electron chi connectivity index (χ4n) is 2.60. The number of para-hydroxylation sites is 1. The van der Waals surface area contributed by atoms with Crippen LogP contribution >= 0.6 is 0 Å². The fourth-order valence-corrected chi connectivity index (χ4v) is 2.60. The van der Waals surface area contributed by atoms with Crippen LogP contribution in [0.2, 0.25) is 0 Å². The van der Waals surface area contributed by atoms with Gasteiger partial charge in [-0.2, -0.15) is 0 Å². The van der Waals surface area contributed by atoms with Crippen LogP contribution in [0.4, 0.5) is 0 Å². The Hall–Kier alpha value is -2.01. The van der Waals surface area contributed by atoms with E-state index in [0.29, 0.717) is 13.2 Å². The Labute approximate surface area is 118 Å². The summed E-state index contributed by atoms with van der Waals surface area (Å²) in [6.45, 7) is 4.19. The Kier molecular flexibility index (Phi) is 3.60. The van der Waals surface area contributed by atoms with E-state index in [1.54, 1.807) is 0 Å². The largest absolute Gasteiger partial charge is 0.486 e. The zero-order valence-corrected chi connectivity index (χ0v) is 11.8. The van der Waals surface area contributed by atoms with Crippen LogP contribution < -0.4 is 14.8 Å². The second kappa shape index (κ2) is 5.54. The fraction of sp³-hybridized carbons (Fsp3) is 0.400. The van der Waals surface area contributed by atoms with Crippen molar-refractivity contribution in [2.45, 2.75) is 19.5 Å². The van der Waals surface area contributed by atoms with Gasteiger partial charge >= 0.3 is 0 Å². The predicted molar refractivity (Wildman–Crippen MR) is 76.2 cm³/mol. The number of hydrogen-bond acceptors (Lipinski definition) is 4. The molecular formula is C15H19N3O2. The van der Waals surface area contributed by atoms with Gasteiger partial charge in [-0.25, -0.2) is 4.98 Å². The standard InChI is InChI=1S/C15H19N3O2/c1-3-18-8-7-17-15(18)13(16-2)11-5-4-6-12-14(11)20-10-9-19-12/h4-8,13,16H,3,9-10H2,1-2H3. The third-order valence-corrected chi connectivity index (χ3v) is 3.54. The molecule has 2 aromatic rings. The Morgan fingerprint density at radius 1 is 1.35 bits per heavy atom. The third kappa shape index (κ3) is 2.14. The van der Waals surface area contributed by atoms with Crippen LogP contribution in [0.1, 0.15) is 24.4 Å². The highest BCUT2D eigenvalue weighted by atomic mass is 16.6. The van der Waals surface area contributed by atoms with Crippen LogP contribution in [0.25, 0.3) is 0 Å². The molecule has 0 saturated heterocycles. The minimum absolute atomic E-state index is 0.0124. The van der Waals surface area contributed by atoms with Gasteiger partial charge in [0, 0.05) is 24.5 Å². The average Bonchev–Trinajstić information content (AvgIpc) is 2.97. The Morgan fingerprint density at radius 2 is 2.20 bits per heavy atom. The van der Waals surface area contributed by atoms with Crippen molar-refractivity contribution in [2.24, 2.45) is 0 Å². The molecule has 1 aliphatic heterocycles. The highest BCUT2D eigenvalue weighted by Gasteiger charge is 2.24. The van der Waals surface area contributed by atoms with Crippen molar-refractivity contribution >= 4 is 0 Å². The van der Waals surface area contributed by atoms with Crippen molar-refractivity contribution in [3.63, 3.8) is 0 Å². The van der Waals surface area contributed by atoms with E-state index in [-0.39, 0.29) is 6.04 Å². The average molecular weight is 273 g/mol. The van der Waals surface area contributed by atoms with Gasteiger partial charge in [0.1, 0.15) is 19.0 Å². The normalized spacial score (nSPS) is 15.1. The first-order valence-corrected chi connectivity index (χ1v) is 6.92. The molecule has 1 aromatic carbocycles. The number of nitrogens with one attached hydrogen (secondary N) is 1. The van der Waals surface area contributed by atoms with Crippen LogP contribution in [-0.2, 0) is 6.54 Å². The van der Waals surface area contributed by atoms with Crippen molar-refractivity contribution in [2.75, 3.05) is 20.3 Å². The predicted octanol–water partition coefficient (Wildman–Crippen LogP) is 1.98. The first-order chi connectivity index (χ1) is 9.85. The summed E-state index contributed by atoms with van der Waals surface area (Å²) in [5.41, 5.74) is 1.06. The number of benzene rings is 1. The van der Waals surface area contributed by atoms with E-state index in [2.05, 4.69) is 27.9 Å². The molecule has 0 fully saturated rings. The molecule has 0 aliphatic carbocycles. The minimum Gasteiger partial charge on any atom is -0.486 e. The van der Waals surface area contributed by atoms with Crippen molar-refractivity contribution < 1.29 is 9.47 Å². The number of aromatic nitrogens is 2. The zero-order valence-electron chi connectivity index (χ0n) is 11.8. The van der Waals surface area contributed by atoms with Crippen LogP contribution in [0.5, 0.6) is 11.5 Å². The van der Waals surface area contributed by atoms with Gasteiger partial charge in [-0.3, -0.25) is 0 Å². The van der Waals surface area contributed by atoms with Crippen LogP contribution in [-0.4, -0.2) is 29.8 Å². The lowest BCUT2D eigenvalue weighted by atomic mass is 10.0. The highest BCUT2D eigenvalue weighted by Crippen LogP contribution is 2.38. The summed E-state index contributed by atoms with van der Waals surface area (Å²) in [5, 5.41) is 3.33. The number of aryl methyl sites for hydroxylation is 1. The number of fused-ring (bicyclic) bond motifs is 1. The van der Waals surface area contributed by atoms with E-state index >= 15 is 0 Å². The van der Waals surface area contributed by atoms with Crippen LogP contribution in [0.15, 0.2) is 30.6 Å². The molecule has 20 heavy (non-hydrogen) atoms. The number of ether oxygens (including phenoxy) is 2. The van der Waals surface area contributed by atoms with E-state index in [0.717, 1.165) is 29.4 Å². The Morgan fingerprint density at radius 3 is 3.00 bits per heavy atom. The van der Waals surface area contributed by atoms with Gasteiger partial charge in [-0.1, -0.05) is 12.1 Å². The van der Waals surface area contributed by atoms with Crippen LogP contribution in [0.3, 0.4) is 0 Å². The second-order valence-electron chi connectivity index (χ2n) is 4.66. The van der Waals surface area contributed by atoms with Gasteiger partial charge in [0.05, 0.1) is 6.04 Å². The van der Waals surface area contributed by atoms with Gasteiger partial charge in [0.15, 0.2) is 11.5 Å². The first kappa shape index (κ1) is 13.0. The van der Waals surface area contributed by atoms with Crippen molar-refractivity contribution in [1.29, 1.82) is 0 Å². The summed E-state index contributed by atoms with van der Waals surface area (Å²) in [5.74, 6) is 2.62. The quantitative estimate of drug-likeness (QED) is 0.925. The molecule has 1 atom stereocenters. The molecule has 1 unspecified atom stereocenters. The molecule has 2 heterocycles. The van der Waals surface area contributed by atoms with E-state index in [9.17, 15) is 0 Å². The maximum absolute atomic E-state index is 5.81. The molecule has 0 bridgehead atoms. The molecule has 1 N–H and O–H groups in total. The lowest BCUT2D eigenvalue weighted by Gasteiger charge is -2.25. The monoisotopic (exact) mass is 273 g/mol. The summed E-state index contributed by atoms with van der Waals surface area (Å²) in [4.78, 5) is 4.49.